The Labute approximate surface area is 105 Å². The fraction of sp³-hybridized carbons (Fsp3) is 0.733. The number of nitrogens with one attached hydrogen (secondary N) is 1. The largest absolute Gasteiger partial charge is 0.464 e. The predicted molar refractivity (Wildman–Crippen MR) is 71.0 cm³/mol. The Morgan fingerprint density at radius 2 is 2.12 bits per heavy atom. The van der Waals surface area contributed by atoms with Crippen molar-refractivity contribution in [1.29, 1.82) is 0 Å². The summed E-state index contributed by atoms with van der Waals surface area (Å²) in [6.45, 7) is 9.91. The molecule has 0 bridgehead atoms. The molecule has 2 rings (SSSR count). The first-order valence-electron chi connectivity index (χ1n) is 6.93. The molecule has 0 amide bonds. The van der Waals surface area contributed by atoms with Crippen molar-refractivity contribution in [3.05, 3.63) is 23.7 Å². The maximum atomic E-state index is 5.89. The molecule has 0 aliphatic heterocycles. The third kappa shape index (κ3) is 3.12. The summed E-state index contributed by atoms with van der Waals surface area (Å²) in [7, 11) is 0. The van der Waals surface area contributed by atoms with Crippen LogP contribution < -0.4 is 5.32 Å². The van der Waals surface area contributed by atoms with Crippen molar-refractivity contribution < 1.29 is 4.42 Å². The topological polar surface area (TPSA) is 25.2 Å². The van der Waals surface area contributed by atoms with Crippen LogP contribution in [0.15, 0.2) is 16.5 Å². The first-order valence-corrected chi connectivity index (χ1v) is 6.93. The maximum Gasteiger partial charge on any atom is 0.117 e. The molecule has 2 nitrogen and oxygen atoms in total. The van der Waals surface area contributed by atoms with Crippen LogP contribution in [0.1, 0.15) is 58.0 Å². The summed E-state index contributed by atoms with van der Waals surface area (Å²) < 4.78 is 5.89. The van der Waals surface area contributed by atoms with Crippen LogP contribution in [0.3, 0.4) is 0 Å². The van der Waals surface area contributed by atoms with Gasteiger partial charge in [0, 0.05) is 12.0 Å². The van der Waals surface area contributed by atoms with E-state index in [2.05, 4.69) is 45.1 Å². The molecule has 1 aliphatic rings. The number of furan rings is 1. The third-order valence-corrected chi connectivity index (χ3v) is 3.94. The van der Waals surface area contributed by atoms with Gasteiger partial charge in [0.2, 0.25) is 0 Å². The van der Waals surface area contributed by atoms with Crippen molar-refractivity contribution in [1.82, 2.24) is 5.32 Å². The van der Waals surface area contributed by atoms with Gasteiger partial charge in [0.1, 0.15) is 11.5 Å². The second kappa shape index (κ2) is 5.26. The molecule has 0 spiro atoms. The standard InChI is InChI=1S/C15H25NO/c1-5-14(10(2)3)16-9-12-6-7-15(17-12)13-8-11(13)4/h6-7,10-11,13-14,16H,5,8-9H2,1-4H3. The Balaban J connectivity index is 1.84. The van der Waals surface area contributed by atoms with E-state index in [0.29, 0.717) is 17.9 Å². The monoisotopic (exact) mass is 235 g/mol. The van der Waals surface area contributed by atoms with E-state index in [1.54, 1.807) is 0 Å². The molecule has 96 valence electrons. The summed E-state index contributed by atoms with van der Waals surface area (Å²) in [5.41, 5.74) is 0. The lowest BCUT2D eigenvalue weighted by Gasteiger charge is -2.19. The Bertz CT molecular complexity index is 356. The zero-order valence-electron chi connectivity index (χ0n) is 11.5. The number of rotatable bonds is 6. The van der Waals surface area contributed by atoms with Crippen molar-refractivity contribution in [2.45, 2.75) is 59.0 Å². The fourth-order valence-electron chi connectivity index (χ4n) is 2.49. The average Bonchev–Trinajstić information content (AvgIpc) is 2.84. The van der Waals surface area contributed by atoms with Gasteiger partial charge in [-0.15, -0.1) is 0 Å². The molecule has 0 radical (unpaired) electrons. The van der Waals surface area contributed by atoms with Gasteiger partial charge in [-0.25, -0.2) is 0 Å². The molecule has 17 heavy (non-hydrogen) atoms. The molecule has 1 aromatic heterocycles. The van der Waals surface area contributed by atoms with E-state index < -0.39 is 0 Å². The molecule has 1 aromatic rings. The van der Waals surface area contributed by atoms with Gasteiger partial charge in [0.05, 0.1) is 6.54 Å². The second-order valence-corrected chi connectivity index (χ2v) is 5.76. The maximum absolute atomic E-state index is 5.89. The summed E-state index contributed by atoms with van der Waals surface area (Å²) in [5.74, 6) is 4.46. The van der Waals surface area contributed by atoms with Crippen molar-refractivity contribution >= 4 is 0 Å². The van der Waals surface area contributed by atoms with Gasteiger partial charge in [-0.05, 0) is 36.8 Å². The van der Waals surface area contributed by atoms with E-state index in [-0.39, 0.29) is 0 Å². The summed E-state index contributed by atoms with van der Waals surface area (Å²) >= 11 is 0. The zero-order valence-corrected chi connectivity index (χ0v) is 11.5. The minimum Gasteiger partial charge on any atom is -0.464 e. The van der Waals surface area contributed by atoms with Crippen LogP contribution in [0, 0.1) is 11.8 Å². The van der Waals surface area contributed by atoms with Crippen LogP contribution in [-0.4, -0.2) is 6.04 Å². The minimum atomic E-state index is 0.586. The Morgan fingerprint density at radius 1 is 1.41 bits per heavy atom. The lowest BCUT2D eigenvalue weighted by atomic mass is 10.0. The molecule has 1 saturated carbocycles. The molecule has 3 unspecified atom stereocenters. The van der Waals surface area contributed by atoms with Gasteiger partial charge in [0.15, 0.2) is 0 Å². The molecule has 1 aliphatic carbocycles. The molecule has 0 aromatic carbocycles. The van der Waals surface area contributed by atoms with E-state index >= 15 is 0 Å². The van der Waals surface area contributed by atoms with Gasteiger partial charge in [-0.1, -0.05) is 27.7 Å². The zero-order chi connectivity index (χ0) is 12.4. The normalized spacial score (nSPS) is 25.2. The Morgan fingerprint density at radius 3 is 2.65 bits per heavy atom. The number of hydrogen-bond acceptors (Lipinski definition) is 2. The minimum absolute atomic E-state index is 0.586. The molecule has 0 saturated heterocycles. The quantitative estimate of drug-likeness (QED) is 0.808. The van der Waals surface area contributed by atoms with E-state index in [9.17, 15) is 0 Å². The van der Waals surface area contributed by atoms with Crippen LogP contribution in [0.25, 0.3) is 0 Å². The van der Waals surface area contributed by atoms with Gasteiger partial charge in [0.25, 0.3) is 0 Å². The highest BCUT2D eigenvalue weighted by atomic mass is 16.3. The van der Waals surface area contributed by atoms with E-state index in [4.69, 9.17) is 4.42 Å². The number of hydrogen-bond donors (Lipinski definition) is 1. The van der Waals surface area contributed by atoms with Crippen molar-refractivity contribution in [3.8, 4) is 0 Å². The van der Waals surface area contributed by atoms with Gasteiger partial charge in [-0.2, -0.15) is 0 Å². The van der Waals surface area contributed by atoms with Gasteiger partial charge in [-0.3, -0.25) is 0 Å². The van der Waals surface area contributed by atoms with E-state index in [1.807, 2.05) is 0 Å². The lowest BCUT2D eigenvalue weighted by molar-refractivity contribution is 0.360. The van der Waals surface area contributed by atoms with Crippen molar-refractivity contribution in [2.24, 2.45) is 11.8 Å². The molecular formula is C15H25NO. The Hall–Kier alpha value is -0.760. The van der Waals surface area contributed by atoms with Crippen LogP contribution in [0.2, 0.25) is 0 Å². The molecule has 3 atom stereocenters. The summed E-state index contributed by atoms with van der Waals surface area (Å²) in [5, 5.41) is 3.58. The summed E-state index contributed by atoms with van der Waals surface area (Å²) in [4.78, 5) is 0. The molecule has 1 fully saturated rings. The highest BCUT2D eigenvalue weighted by Gasteiger charge is 2.36. The highest BCUT2D eigenvalue weighted by Crippen LogP contribution is 2.47. The predicted octanol–water partition coefficient (Wildman–Crippen LogP) is 3.93. The van der Waals surface area contributed by atoms with E-state index in [0.717, 1.165) is 18.2 Å². The fourth-order valence-corrected chi connectivity index (χ4v) is 2.49. The Kier molecular flexibility index (Phi) is 3.93. The first kappa shape index (κ1) is 12.7. The molecule has 1 heterocycles. The summed E-state index contributed by atoms with van der Waals surface area (Å²) in [6, 6.07) is 4.87. The summed E-state index contributed by atoms with van der Waals surface area (Å²) in [6.07, 6.45) is 2.47. The van der Waals surface area contributed by atoms with Crippen LogP contribution in [0.4, 0.5) is 0 Å². The van der Waals surface area contributed by atoms with Crippen LogP contribution in [-0.2, 0) is 6.54 Å². The third-order valence-electron chi connectivity index (χ3n) is 3.94. The van der Waals surface area contributed by atoms with E-state index in [1.165, 1.54) is 18.6 Å². The van der Waals surface area contributed by atoms with Crippen molar-refractivity contribution in [3.63, 3.8) is 0 Å². The van der Waals surface area contributed by atoms with Crippen LogP contribution >= 0.6 is 0 Å². The molecule has 1 N–H and O–H groups in total. The molecular weight excluding hydrogens is 210 g/mol. The van der Waals surface area contributed by atoms with Gasteiger partial charge < -0.3 is 9.73 Å². The molecule has 2 heteroatoms. The van der Waals surface area contributed by atoms with Gasteiger partial charge >= 0.3 is 0 Å². The smallest absolute Gasteiger partial charge is 0.117 e. The van der Waals surface area contributed by atoms with Crippen molar-refractivity contribution in [2.75, 3.05) is 0 Å². The average molecular weight is 235 g/mol. The first-order chi connectivity index (χ1) is 8.11. The highest BCUT2D eigenvalue weighted by molar-refractivity contribution is 5.17. The van der Waals surface area contributed by atoms with Crippen LogP contribution in [0.5, 0.6) is 0 Å². The lowest BCUT2D eigenvalue weighted by Crippen LogP contribution is -2.32. The SMILES string of the molecule is CCC(NCc1ccc(C2CC2C)o1)C(C)C. The second-order valence-electron chi connectivity index (χ2n) is 5.76.